The van der Waals surface area contributed by atoms with E-state index in [0.29, 0.717) is 61.3 Å². The molecule has 0 spiro atoms. The summed E-state index contributed by atoms with van der Waals surface area (Å²) in [5.41, 5.74) is 2.77. The highest BCUT2D eigenvalue weighted by molar-refractivity contribution is 5.78. The van der Waals surface area contributed by atoms with Crippen LogP contribution in [-0.4, -0.2) is 73.0 Å². The van der Waals surface area contributed by atoms with Crippen LogP contribution in [0.25, 0.3) is 11.5 Å². The SMILES string of the molecule is Cc1nc2cc3nn2c(c1C(OC(C)(C)C)C(=O)O)N1CCC(C)(CC1)OCC=CCCOc1ccccc1Cc1cnn-3c1. The molecule has 3 aliphatic rings. The van der Waals surface area contributed by atoms with Gasteiger partial charge in [-0.15, -0.1) is 5.10 Å². The molecule has 0 radical (unpaired) electrons. The first-order valence-electron chi connectivity index (χ1n) is 15.6. The van der Waals surface area contributed by atoms with Crippen LogP contribution < -0.4 is 9.64 Å². The first-order valence-corrected chi connectivity index (χ1v) is 15.6. The fourth-order valence-corrected chi connectivity index (χ4v) is 6.01. The molecule has 3 aliphatic heterocycles. The number of carbonyl (C=O) groups is 1. The van der Waals surface area contributed by atoms with Crippen LogP contribution >= 0.6 is 0 Å². The molecule has 0 aliphatic carbocycles. The molecular formula is C34H42N6O5. The molecule has 1 aromatic carbocycles. The summed E-state index contributed by atoms with van der Waals surface area (Å²) in [7, 11) is 0. The zero-order valence-corrected chi connectivity index (χ0v) is 26.7. The highest BCUT2D eigenvalue weighted by atomic mass is 16.5. The lowest BCUT2D eigenvalue weighted by Gasteiger charge is -2.41. The third-order valence-electron chi connectivity index (χ3n) is 8.34. The average Bonchev–Trinajstić information content (AvgIpc) is 3.62. The van der Waals surface area contributed by atoms with E-state index in [1.807, 2.05) is 64.4 Å². The fraction of sp³-hybridized carbons (Fsp3) is 0.471. The molecule has 11 nitrogen and oxygen atoms in total. The minimum atomic E-state index is -1.23. The van der Waals surface area contributed by atoms with Crippen molar-refractivity contribution in [1.82, 2.24) is 24.4 Å². The van der Waals surface area contributed by atoms with Crippen molar-refractivity contribution < 1.29 is 24.1 Å². The summed E-state index contributed by atoms with van der Waals surface area (Å²) in [6, 6.07) is 9.94. The number of hydrogen-bond acceptors (Lipinski definition) is 8. The molecule has 1 unspecified atom stereocenters. The van der Waals surface area contributed by atoms with E-state index in [2.05, 4.69) is 35.1 Å². The Bertz CT molecular complexity index is 1710. The number of carboxylic acid groups (broad SMARTS) is 1. The second kappa shape index (κ2) is 12.3. The maximum absolute atomic E-state index is 12.7. The van der Waals surface area contributed by atoms with Gasteiger partial charge in [-0.25, -0.2) is 14.5 Å². The number of nitrogens with zero attached hydrogens (tertiary/aromatic N) is 6. The maximum Gasteiger partial charge on any atom is 0.337 e. The highest BCUT2D eigenvalue weighted by Gasteiger charge is 2.37. The molecule has 0 amide bonds. The number of aromatic nitrogens is 5. The van der Waals surface area contributed by atoms with Crippen LogP contribution in [0.4, 0.5) is 5.82 Å². The number of carboxylic acids is 1. The Morgan fingerprint density at radius 1 is 1.16 bits per heavy atom. The molecule has 238 valence electrons. The lowest BCUT2D eigenvalue weighted by Crippen LogP contribution is -2.45. The normalized spacial score (nSPS) is 17.9. The van der Waals surface area contributed by atoms with Gasteiger partial charge in [0.2, 0.25) is 0 Å². The summed E-state index contributed by atoms with van der Waals surface area (Å²) in [6.07, 6.45) is 9.69. The van der Waals surface area contributed by atoms with E-state index >= 15 is 0 Å². The first kappa shape index (κ1) is 30.8. The molecule has 45 heavy (non-hydrogen) atoms. The number of piperidine rings is 1. The van der Waals surface area contributed by atoms with Crippen molar-refractivity contribution in [3.63, 3.8) is 0 Å². The van der Waals surface area contributed by atoms with Crippen LogP contribution in [0.5, 0.6) is 5.75 Å². The molecule has 0 saturated carbocycles. The van der Waals surface area contributed by atoms with Crippen molar-refractivity contribution in [1.29, 1.82) is 0 Å². The number of ether oxygens (including phenoxy) is 3. The Labute approximate surface area is 263 Å². The summed E-state index contributed by atoms with van der Waals surface area (Å²) < 4.78 is 22.2. The second-order valence-corrected chi connectivity index (χ2v) is 13.1. The molecular weight excluding hydrogens is 572 g/mol. The number of aryl methyl sites for hydroxylation is 1. The molecule has 7 rings (SSSR count). The second-order valence-electron chi connectivity index (χ2n) is 13.1. The minimum Gasteiger partial charge on any atom is -0.493 e. The van der Waals surface area contributed by atoms with E-state index in [0.717, 1.165) is 36.1 Å². The van der Waals surface area contributed by atoms with Gasteiger partial charge in [0.15, 0.2) is 17.6 Å². The fourth-order valence-electron chi connectivity index (χ4n) is 6.01. The van der Waals surface area contributed by atoms with Crippen molar-refractivity contribution in [2.75, 3.05) is 31.2 Å². The number of fused-ring (bicyclic) bond motifs is 7. The van der Waals surface area contributed by atoms with Crippen molar-refractivity contribution in [2.24, 2.45) is 0 Å². The van der Waals surface area contributed by atoms with Gasteiger partial charge in [0, 0.05) is 37.5 Å². The number of aliphatic carboxylic acids is 1. The Morgan fingerprint density at radius 3 is 2.69 bits per heavy atom. The largest absolute Gasteiger partial charge is 0.493 e. The summed E-state index contributed by atoms with van der Waals surface area (Å²) in [4.78, 5) is 19.8. The van der Waals surface area contributed by atoms with Crippen LogP contribution in [0, 0.1) is 6.92 Å². The maximum atomic E-state index is 12.7. The lowest BCUT2D eigenvalue weighted by molar-refractivity contribution is -0.160. The molecule has 6 heterocycles. The lowest BCUT2D eigenvalue weighted by atomic mass is 9.92. The number of hydrogen-bond donors (Lipinski definition) is 1. The number of para-hydroxylation sites is 1. The van der Waals surface area contributed by atoms with Gasteiger partial charge in [-0.1, -0.05) is 30.4 Å². The van der Waals surface area contributed by atoms with Crippen molar-refractivity contribution in [3.05, 3.63) is 77.3 Å². The average molecular weight is 615 g/mol. The summed E-state index contributed by atoms with van der Waals surface area (Å²) in [5.74, 6) is 1.04. The molecule has 1 N–H and O–H groups in total. The summed E-state index contributed by atoms with van der Waals surface area (Å²) in [5, 5.41) is 20.0. The standard InChI is InChI=1S/C34H42N6O5/c1-23-29(30(32(41)42)45-33(2,3)4)31-38-15-13-34(5,14-16-38)44-18-10-6-9-17-43-26-12-8-7-11-25(26)19-24-21-35-39(22-24)28-20-27(36-23)40(31)37-28/h6-8,10-12,20-22,30H,9,13-19H2,1-5H3,(H,41,42). The monoisotopic (exact) mass is 614 g/mol. The van der Waals surface area contributed by atoms with E-state index < -0.39 is 17.7 Å². The molecule has 11 heteroatoms. The van der Waals surface area contributed by atoms with E-state index in [1.54, 1.807) is 9.20 Å². The Morgan fingerprint density at radius 2 is 1.93 bits per heavy atom. The van der Waals surface area contributed by atoms with Gasteiger partial charge in [0.25, 0.3) is 0 Å². The van der Waals surface area contributed by atoms with Crippen LogP contribution in [0.3, 0.4) is 0 Å². The molecule has 4 aromatic rings. The quantitative estimate of drug-likeness (QED) is 0.300. The Balaban J connectivity index is 1.47. The van der Waals surface area contributed by atoms with Gasteiger partial charge < -0.3 is 24.2 Å². The van der Waals surface area contributed by atoms with Gasteiger partial charge in [-0.3, -0.25) is 0 Å². The molecule has 6 bridgehead atoms. The van der Waals surface area contributed by atoms with Crippen LogP contribution in [0.15, 0.2) is 54.9 Å². The number of rotatable bonds is 3. The molecule has 3 aromatic heterocycles. The number of benzene rings is 1. The van der Waals surface area contributed by atoms with Gasteiger partial charge >= 0.3 is 5.97 Å². The number of anilines is 1. The summed E-state index contributed by atoms with van der Waals surface area (Å²) >= 11 is 0. The van der Waals surface area contributed by atoms with Crippen molar-refractivity contribution in [2.45, 2.75) is 77.6 Å². The summed E-state index contributed by atoms with van der Waals surface area (Å²) in [6.45, 7) is 12.0. The molecule has 1 fully saturated rings. The molecule has 1 saturated heterocycles. The van der Waals surface area contributed by atoms with Gasteiger partial charge in [-0.2, -0.15) is 9.61 Å². The van der Waals surface area contributed by atoms with E-state index in [9.17, 15) is 9.90 Å². The zero-order chi connectivity index (χ0) is 31.8. The highest BCUT2D eigenvalue weighted by Crippen LogP contribution is 2.38. The zero-order valence-electron chi connectivity index (χ0n) is 26.7. The van der Waals surface area contributed by atoms with Crippen molar-refractivity contribution in [3.8, 4) is 11.6 Å². The first-order chi connectivity index (χ1) is 21.5. The Hall–Kier alpha value is -4.22. The van der Waals surface area contributed by atoms with E-state index in [4.69, 9.17) is 24.3 Å². The predicted octanol–water partition coefficient (Wildman–Crippen LogP) is 5.47. The van der Waals surface area contributed by atoms with Gasteiger partial charge in [-0.05, 0) is 71.1 Å². The van der Waals surface area contributed by atoms with Gasteiger partial charge in [0.05, 0.1) is 36.2 Å². The van der Waals surface area contributed by atoms with Crippen molar-refractivity contribution >= 4 is 17.4 Å². The molecule has 1 atom stereocenters. The third-order valence-corrected chi connectivity index (χ3v) is 8.34. The van der Waals surface area contributed by atoms with E-state index in [-0.39, 0.29) is 5.60 Å². The van der Waals surface area contributed by atoms with Crippen LogP contribution in [0.2, 0.25) is 0 Å². The Kier molecular flexibility index (Phi) is 8.41. The van der Waals surface area contributed by atoms with Crippen LogP contribution in [-0.2, 0) is 20.7 Å². The smallest absolute Gasteiger partial charge is 0.337 e. The topological polar surface area (TPSA) is 116 Å². The minimum absolute atomic E-state index is 0.314. The third kappa shape index (κ3) is 6.74. The van der Waals surface area contributed by atoms with Gasteiger partial charge in [0.1, 0.15) is 11.6 Å². The van der Waals surface area contributed by atoms with Crippen LogP contribution in [0.1, 0.15) is 75.4 Å². The van der Waals surface area contributed by atoms with E-state index in [1.165, 1.54) is 0 Å². The predicted molar refractivity (Wildman–Crippen MR) is 170 cm³/mol.